The van der Waals surface area contributed by atoms with Crippen molar-refractivity contribution in [2.24, 2.45) is 11.8 Å². The molecule has 6 heteroatoms. The molecule has 0 bridgehead atoms. The van der Waals surface area contributed by atoms with Gasteiger partial charge in [-0.1, -0.05) is 150 Å². The quantitative estimate of drug-likeness (QED) is 0.0492. The minimum Gasteiger partial charge on any atom is -0.466 e. The van der Waals surface area contributed by atoms with Crippen LogP contribution in [0.5, 0.6) is 0 Å². The minimum atomic E-state index is -0.0465. The topological polar surface area (TPSA) is 84.9 Å². The number of hydrogen-bond acceptors (Lipinski definition) is 6. The van der Waals surface area contributed by atoms with E-state index in [1.807, 2.05) is 0 Å². The third-order valence-electron chi connectivity index (χ3n) is 10.3. The Bertz CT molecular complexity index is 686. The number of rotatable bonds is 39. The van der Waals surface area contributed by atoms with Gasteiger partial charge in [0, 0.05) is 19.4 Å². The van der Waals surface area contributed by atoms with Gasteiger partial charge in [0.15, 0.2) is 0 Å². The molecule has 0 aliphatic heterocycles. The lowest BCUT2D eigenvalue weighted by molar-refractivity contribution is -0.150. The minimum absolute atomic E-state index is 0.00675. The average Bonchev–Trinajstić information content (AvgIpc) is 3.09. The largest absolute Gasteiger partial charge is 0.466 e. The first-order chi connectivity index (χ1) is 24.0. The second kappa shape index (κ2) is 38.1. The molecular weight excluding hydrogens is 610 g/mol. The van der Waals surface area contributed by atoms with Gasteiger partial charge in [0.05, 0.1) is 13.2 Å². The molecule has 0 fully saturated rings. The molecule has 0 aromatic carbocycles. The average molecular weight is 696 g/mol. The summed E-state index contributed by atoms with van der Waals surface area (Å²) < 4.78 is 11.6. The van der Waals surface area contributed by atoms with E-state index in [1.54, 1.807) is 0 Å². The Morgan fingerprint density at radius 1 is 0.490 bits per heavy atom. The lowest BCUT2D eigenvalue weighted by Crippen LogP contribution is -2.25. The summed E-state index contributed by atoms with van der Waals surface area (Å²) in [6.45, 7) is 11.2. The van der Waals surface area contributed by atoms with Crippen molar-refractivity contribution in [1.29, 1.82) is 0 Å². The molecule has 6 nitrogen and oxygen atoms in total. The Balaban J connectivity index is 4.78. The van der Waals surface area contributed by atoms with Gasteiger partial charge < -0.3 is 19.9 Å². The van der Waals surface area contributed by atoms with Gasteiger partial charge in [0.2, 0.25) is 0 Å². The van der Waals surface area contributed by atoms with Gasteiger partial charge in [0.1, 0.15) is 6.10 Å². The number of carbonyl (C=O) groups excluding carboxylic acids is 2. The molecule has 0 spiro atoms. The second-order valence-electron chi connectivity index (χ2n) is 14.9. The molecule has 2 unspecified atom stereocenters. The number of carbonyl (C=O) groups is 2. The highest BCUT2D eigenvalue weighted by atomic mass is 16.5. The normalized spacial score (nSPS) is 12.8. The van der Waals surface area contributed by atoms with Crippen LogP contribution in [0.2, 0.25) is 0 Å². The van der Waals surface area contributed by atoms with Gasteiger partial charge >= 0.3 is 11.9 Å². The molecule has 0 saturated carbocycles. The number of ether oxygens (including phenoxy) is 2. The lowest BCUT2D eigenvalue weighted by atomic mass is 9.79. The summed E-state index contributed by atoms with van der Waals surface area (Å²) in [6.07, 6.45) is 33.9. The smallest absolute Gasteiger partial charge is 0.306 e. The maximum Gasteiger partial charge on any atom is 0.306 e. The van der Waals surface area contributed by atoms with Crippen LogP contribution < -0.4 is 5.32 Å². The molecule has 0 aliphatic carbocycles. The van der Waals surface area contributed by atoms with Gasteiger partial charge in [-0.2, -0.15) is 0 Å². The zero-order chi connectivity index (χ0) is 36.0. The molecule has 2 N–H and O–H groups in total. The summed E-state index contributed by atoms with van der Waals surface area (Å²) in [5, 5.41) is 12.6. The molecule has 2 atom stereocenters. The van der Waals surface area contributed by atoms with Crippen molar-refractivity contribution >= 4 is 11.9 Å². The van der Waals surface area contributed by atoms with Crippen LogP contribution in [-0.2, 0) is 19.1 Å². The van der Waals surface area contributed by atoms with Crippen LogP contribution in [0.25, 0.3) is 0 Å². The third-order valence-corrected chi connectivity index (χ3v) is 10.3. The standard InChI is InChI=1S/C43H85NO5/c1-5-9-12-15-18-21-30-41(31-22-19-16-13-10-6-2)49-43(47)32-24-23-28-40(34-35-44-36-37-45)39(27-8-4)29-26-33-42(46)48-38-25-20-17-14-11-7-3/h39-41,44-45H,5-38H2,1-4H3. The Labute approximate surface area is 305 Å². The monoisotopic (exact) mass is 696 g/mol. The van der Waals surface area contributed by atoms with E-state index in [2.05, 4.69) is 33.0 Å². The first-order valence-corrected chi connectivity index (χ1v) is 21.7. The van der Waals surface area contributed by atoms with Crippen LogP contribution in [0.4, 0.5) is 0 Å². The fraction of sp³-hybridized carbons (Fsp3) is 0.953. The third kappa shape index (κ3) is 32.5. The molecule has 0 aromatic rings. The Hall–Kier alpha value is -1.14. The number of aliphatic hydroxyl groups is 1. The maximum atomic E-state index is 13.0. The maximum absolute atomic E-state index is 13.0. The molecule has 0 saturated heterocycles. The second-order valence-corrected chi connectivity index (χ2v) is 14.9. The number of aliphatic hydroxyl groups excluding tert-OH is 1. The van der Waals surface area contributed by atoms with Gasteiger partial charge in [-0.15, -0.1) is 0 Å². The van der Waals surface area contributed by atoms with Gasteiger partial charge in [-0.25, -0.2) is 0 Å². The van der Waals surface area contributed by atoms with Crippen LogP contribution in [0.15, 0.2) is 0 Å². The van der Waals surface area contributed by atoms with Crippen molar-refractivity contribution in [2.45, 2.75) is 226 Å². The van der Waals surface area contributed by atoms with E-state index in [0.717, 1.165) is 83.6 Å². The van der Waals surface area contributed by atoms with Crippen molar-refractivity contribution in [3.63, 3.8) is 0 Å². The van der Waals surface area contributed by atoms with Gasteiger partial charge in [0.25, 0.3) is 0 Å². The Morgan fingerprint density at radius 3 is 1.55 bits per heavy atom. The van der Waals surface area contributed by atoms with E-state index in [-0.39, 0.29) is 24.6 Å². The van der Waals surface area contributed by atoms with Crippen molar-refractivity contribution in [1.82, 2.24) is 5.32 Å². The van der Waals surface area contributed by atoms with E-state index < -0.39 is 0 Å². The molecule has 0 aliphatic rings. The molecule has 0 aromatic heterocycles. The van der Waals surface area contributed by atoms with Crippen molar-refractivity contribution in [3.8, 4) is 0 Å². The first kappa shape index (κ1) is 47.9. The van der Waals surface area contributed by atoms with Crippen LogP contribution in [0.3, 0.4) is 0 Å². The Kier molecular flexibility index (Phi) is 37.2. The first-order valence-electron chi connectivity index (χ1n) is 21.7. The highest BCUT2D eigenvalue weighted by Gasteiger charge is 2.21. The zero-order valence-electron chi connectivity index (χ0n) is 33.4. The molecule has 292 valence electrons. The van der Waals surface area contributed by atoms with Crippen LogP contribution >= 0.6 is 0 Å². The number of unbranched alkanes of at least 4 members (excludes halogenated alkanes) is 16. The summed E-state index contributed by atoms with van der Waals surface area (Å²) >= 11 is 0. The fourth-order valence-electron chi connectivity index (χ4n) is 7.23. The van der Waals surface area contributed by atoms with Crippen LogP contribution in [-0.4, -0.2) is 49.5 Å². The molecule has 0 rings (SSSR count). The lowest BCUT2D eigenvalue weighted by Gasteiger charge is -2.27. The van der Waals surface area contributed by atoms with E-state index in [9.17, 15) is 14.7 Å². The summed E-state index contributed by atoms with van der Waals surface area (Å²) in [4.78, 5) is 25.4. The summed E-state index contributed by atoms with van der Waals surface area (Å²) in [5.74, 6) is 1.07. The molecular formula is C43H85NO5. The summed E-state index contributed by atoms with van der Waals surface area (Å²) in [7, 11) is 0. The van der Waals surface area contributed by atoms with E-state index in [4.69, 9.17) is 9.47 Å². The van der Waals surface area contributed by atoms with Gasteiger partial charge in [-0.05, 0) is 76.2 Å². The van der Waals surface area contributed by atoms with E-state index >= 15 is 0 Å². The highest BCUT2D eigenvalue weighted by molar-refractivity contribution is 5.69. The zero-order valence-corrected chi connectivity index (χ0v) is 33.4. The summed E-state index contributed by atoms with van der Waals surface area (Å²) in [6, 6.07) is 0. The number of esters is 2. The predicted molar refractivity (Wildman–Crippen MR) is 209 cm³/mol. The van der Waals surface area contributed by atoms with Crippen LogP contribution in [0.1, 0.15) is 220 Å². The molecule has 0 heterocycles. The fourth-order valence-corrected chi connectivity index (χ4v) is 7.23. The van der Waals surface area contributed by atoms with Crippen molar-refractivity contribution in [2.75, 3.05) is 26.3 Å². The van der Waals surface area contributed by atoms with Gasteiger partial charge in [-0.3, -0.25) is 9.59 Å². The highest BCUT2D eigenvalue weighted by Crippen LogP contribution is 2.31. The van der Waals surface area contributed by atoms with Crippen molar-refractivity contribution in [3.05, 3.63) is 0 Å². The van der Waals surface area contributed by atoms with E-state index in [0.29, 0.717) is 37.8 Å². The number of nitrogens with one attached hydrogen (secondary N) is 1. The van der Waals surface area contributed by atoms with Crippen molar-refractivity contribution < 1.29 is 24.2 Å². The molecule has 0 amide bonds. The van der Waals surface area contributed by atoms with Crippen LogP contribution in [0, 0.1) is 11.8 Å². The predicted octanol–water partition coefficient (Wildman–Crippen LogP) is 12.0. The number of hydrogen-bond donors (Lipinski definition) is 2. The SMILES string of the molecule is CCCCCCCCOC(=O)CCCC(CCC)C(CCCCC(=O)OC(CCCCCCCC)CCCCCCCC)CCNCCO. The molecule has 0 radical (unpaired) electrons. The summed E-state index contributed by atoms with van der Waals surface area (Å²) in [5.41, 5.74) is 0. The van der Waals surface area contributed by atoms with E-state index in [1.165, 1.54) is 103 Å². The molecule has 49 heavy (non-hydrogen) atoms. The Morgan fingerprint density at radius 2 is 0.980 bits per heavy atom.